The number of hydrogen-bond donors (Lipinski definition) is 0. The summed E-state index contributed by atoms with van der Waals surface area (Å²) in [6.07, 6.45) is 5.13. The van der Waals surface area contributed by atoms with Crippen molar-refractivity contribution in [2.24, 2.45) is 0 Å². The zero-order valence-electron chi connectivity index (χ0n) is 11.1. The van der Waals surface area contributed by atoms with Crippen LogP contribution in [0.25, 0.3) is 0 Å². The number of nitrogens with zero attached hydrogens (tertiary/aromatic N) is 2. The van der Waals surface area contributed by atoms with Crippen molar-refractivity contribution in [2.45, 2.75) is 19.8 Å². The van der Waals surface area contributed by atoms with Crippen LogP contribution in [0.15, 0.2) is 36.7 Å². The minimum absolute atomic E-state index is 0.0987. The molecule has 0 aliphatic rings. The first-order chi connectivity index (χ1) is 9.19. The van der Waals surface area contributed by atoms with Crippen molar-refractivity contribution in [3.05, 3.63) is 59.2 Å². The van der Waals surface area contributed by atoms with E-state index in [4.69, 9.17) is 0 Å². The normalized spacial score (nSPS) is 10.2. The second-order valence-corrected chi connectivity index (χ2v) is 4.39. The largest absolute Gasteiger partial charge is 0.463 e. The summed E-state index contributed by atoms with van der Waals surface area (Å²) in [4.78, 5) is 19.2. The molecule has 0 aliphatic heterocycles. The van der Waals surface area contributed by atoms with E-state index < -0.39 is 5.97 Å². The van der Waals surface area contributed by atoms with Gasteiger partial charge in [0, 0.05) is 12.4 Å². The summed E-state index contributed by atoms with van der Waals surface area (Å²) in [6.45, 7) is 2.07. The van der Waals surface area contributed by atoms with Crippen LogP contribution in [-0.2, 0) is 17.6 Å². The molecule has 0 radical (unpaired) electrons. The van der Waals surface area contributed by atoms with Crippen molar-refractivity contribution in [1.29, 1.82) is 0 Å². The molecule has 0 amide bonds. The van der Waals surface area contributed by atoms with Gasteiger partial charge in [-0.25, -0.2) is 14.8 Å². The van der Waals surface area contributed by atoms with Crippen LogP contribution in [0, 0.1) is 6.92 Å². The number of benzene rings is 1. The fraction of sp³-hybridized carbons (Fsp3) is 0.267. The van der Waals surface area contributed by atoms with Gasteiger partial charge in [-0.15, -0.1) is 0 Å². The highest BCUT2D eigenvalue weighted by molar-refractivity contribution is 5.84. The fourth-order valence-corrected chi connectivity index (χ4v) is 1.72. The highest BCUT2D eigenvalue weighted by Crippen LogP contribution is 2.08. The number of aryl methyl sites for hydroxylation is 3. The van der Waals surface area contributed by atoms with Crippen molar-refractivity contribution in [3.63, 3.8) is 0 Å². The van der Waals surface area contributed by atoms with Crippen LogP contribution in [0.1, 0.15) is 27.3 Å². The molecule has 19 heavy (non-hydrogen) atoms. The smallest absolute Gasteiger partial charge is 0.376 e. The van der Waals surface area contributed by atoms with Crippen LogP contribution in [0.2, 0.25) is 0 Å². The summed E-state index contributed by atoms with van der Waals surface area (Å²) in [7, 11) is 1.32. The lowest BCUT2D eigenvalue weighted by Crippen LogP contribution is -2.07. The van der Waals surface area contributed by atoms with Gasteiger partial charge in [0.05, 0.1) is 7.11 Å². The lowest BCUT2D eigenvalue weighted by molar-refractivity contribution is 0.0586. The first-order valence-electron chi connectivity index (χ1n) is 6.14. The van der Waals surface area contributed by atoms with Gasteiger partial charge in [-0.2, -0.15) is 0 Å². The summed E-state index contributed by atoms with van der Waals surface area (Å²) in [5.41, 5.74) is 3.55. The molecule has 0 unspecified atom stereocenters. The third-order valence-electron chi connectivity index (χ3n) is 2.90. The van der Waals surface area contributed by atoms with Crippen LogP contribution in [0.5, 0.6) is 0 Å². The molecule has 1 aromatic heterocycles. The molecule has 4 nitrogen and oxygen atoms in total. The van der Waals surface area contributed by atoms with Crippen molar-refractivity contribution in [2.75, 3.05) is 7.11 Å². The van der Waals surface area contributed by atoms with E-state index in [0.29, 0.717) is 0 Å². The Hall–Kier alpha value is -2.23. The van der Waals surface area contributed by atoms with E-state index in [-0.39, 0.29) is 5.82 Å². The number of carbonyl (C=O) groups is 1. The van der Waals surface area contributed by atoms with Gasteiger partial charge >= 0.3 is 5.97 Å². The maximum Gasteiger partial charge on any atom is 0.376 e. The number of esters is 1. The minimum atomic E-state index is -0.509. The van der Waals surface area contributed by atoms with Gasteiger partial charge in [0.25, 0.3) is 0 Å². The topological polar surface area (TPSA) is 52.1 Å². The molecule has 0 spiro atoms. The van der Waals surface area contributed by atoms with Gasteiger partial charge in [0.1, 0.15) is 0 Å². The standard InChI is InChI=1S/C15H16N2O2/c1-11-3-5-12(6-4-11)7-8-13-9-16-14(17-10-13)15(18)19-2/h3-6,9-10H,7-8H2,1-2H3. The third kappa shape index (κ3) is 3.61. The monoisotopic (exact) mass is 256 g/mol. The van der Waals surface area contributed by atoms with Crippen molar-refractivity contribution >= 4 is 5.97 Å². The van der Waals surface area contributed by atoms with Crippen LogP contribution in [-0.4, -0.2) is 23.0 Å². The molecular weight excluding hydrogens is 240 g/mol. The molecule has 2 rings (SSSR count). The van der Waals surface area contributed by atoms with E-state index in [9.17, 15) is 4.79 Å². The Labute approximate surface area is 112 Å². The molecular formula is C15H16N2O2. The summed E-state index contributed by atoms with van der Waals surface area (Å²) in [5, 5.41) is 0. The van der Waals surface area contributed by atoms with Crippen LogP contribution >= 0.6 is 0 Å². The molecule has 1 heterocycles. The number of methoxy groups -OCH3 is 1. The molecule has 0 bridgehead atoms. The Bertz CT molecular complexity index is 547. The second kappa shape index (κ2) is 6.09. The third-order valence-corrected chi connectivity index (χ3v) is 2.90. The maximum atomic E-state index is 11.2. The van der Waals surface area contributed by atoms with Crippen LogP contribution < -0.4 is 0 Å². The summed E-state index contributed by atoms with van der Waals surface area (Å²) < 4.78 is 4.55. The average Bonchev–Trinajstić information content (AvgIpc) is 2.46. The predicted octanol–water partition coefficient (Wildman–Crippen LogP) is 2.36. The Kier molecular flexibility index (Phi) is 4.23. The lowest BCUT2D eigenvalue weighted by Gasteiger charge is -2.03. The number of hydrogen-bond acceptors (Lipinski definition) is 4. The van der Waals surface area contributed by atoms with Gasteiger partial charge < -0.3 is 4.74 Å². The van der Waals surface area contributed by atoms with E-state index in [2.05, 4.69) is 45.9 Å². The first-order valence-corrected chi connectivity index (χ1v) is 6.14. The molecule has 1 aromatic carbocycles. The van der Waals surface area contributed by atoms with E-state index in [0.717, 1.165) is 18.4 Å². The molecule has 2 aromatic rings. The van der Waals surface area contributed by atoms with Crippen molar-refractivity contribution in [3.8, 4) is 0 Å². The van der Waals surface area contributed by atoms with Crippen molar-refractivity contribution in [1.82, 2.24) is 9.97 Å². The van der Waals surface area contributed by atoms with E-state index >= 15 is 0 Å². The minimum Gasteiger partial charge on any atom is -0.463 e. The number of ether oxygens (including phenoxy) is 1. The SMILES string of the molecule is COC(=O)c1ncc(CCc2ccc(C)cc2)cn1. The molecule has 0 fully saturated rings. The average molecular weight is 256 g/mol. The van der Waals surface area contributed by atoms with Gasteiger partial charge in [-0.3, -0.25) is 0 Å². The van der Waals surface area contributed by atoms with Crippen LogP contribution in [0.4, 0.5) is 0 Å². The Balaban J connectivity index is 1.96. The Morgan fingerprint density at radius 3 is 2.21 bits per heavy atom. The van der Waals surface area contributed by atoms with Gasteiger partial charge in [0.15, 0.2) is 0 Å². The second-order valence-electron chi connectivity index (χ2n) is 4.39. The molecule has 0 N–H and O–H groups in total. The predicted molar refractivity (Wildman–Crippen MR) is 72.0 cm³/mol. The highest BCUT2D eigenvalue weighted by atomic mass is 16.5. The lowest BCUT2D eigenvalue weighted by atomic mass is 10.1. The highest BCUT2D eigenvalue weighted by Gasteiger charge is 2.08. The summed E-state index contributed by atoms with van der Waals surface area (Å²) in [6, 6.07) is 8.45. The Morgan fingerprint density at radius 2 is 1.63 bits per heavy atom. The number of carbonyl (C=O) groups excluding carboxylic acids is 1. The molecule has 0 aliphatic carbocycles. The van der Waals surface area contributed by atoms with Crippen LogP contribution in [0.3, 0.4) is 0 Å². The maximum absolute atomic E-state index is 11.2. The summed E-state index contributed by atoms with van der Waals surface area (Å²) >= 11 is 0. The zero-order valence-corrected chi connectivity index (χ0v) is 11.1. The van der Waals surface area contributed by atoms with E-state index in [1.807, 2.05) is 0 Å². The Morgan fingerprint density at radius 1 is 1.05 bits per heavy atom. The molecule has 0 saturated heterocycles. The molecule has 0 atom stereocenters. The van der Waals surface area contributed by atoms with Gasteiger partial charge in [-0.05, 0) is 30.9 Å². The number of aromatic nitrogens is 2. The summed E-state index contributed by atoms with van der Waals surface area (Å²) in [5.74, 6) is -0.410. The quantitative estimate of drug-likeness (QED) is 0.788. The van der Waals surface area contributed by atoms with Crippen molar-refractivity contribution < 1.29 is 9.53 Å². The molecule has 0 saturated carbocycles. The van der Waals surface area contributed by atoms with E-state index in [1.54, 1.807) is 12.4 Å². The first kappa shape index (κ1) is 13.2. The zero-order chi connectivity index (χ0) is 13.7. The van der Waals surface area contributed by atoms with Gasteiger partial charge in [-0.1, -0.05) is 29.8 Å². The van der Waals surface area contributed by atoms with Gasteiger partial charge in [0.2, 0.25) is 5.82 Å². The van der Waals surface area contributed by atoms with E-state index in [1.165, 1.54) is 18.2 Å². The molecule has 98 valence electrons. The fourth-order valence-electron chi connectivity index (χ4n) is 1.72. The molecule has 4 heteroatoms. The number of rotatable bonds is 4.